The van der Waals surface area contributed by atoms with Gasteiger partial charge in [-0.3, -0.25) is 0 Å². The molecule has 4 nitrogen and oxygen atoms in total. The number of aromatic nitrogens is 3. The van der Waals surface area contributed by atoms with Crippen molar-refractivity contribution in [1.82, 2.24) is 15.0 Å². The molecule has 1 aromatic heterocycles. The molecule has 0 unspecified atom stereocenters. The van der Waals surface area contributed by atoms with Gasteiger partial charge < -0.3 is 5.11 Å². The largest absolute Gasteiger partial charge is 0.390 e. The summed E-state index contributed by atoms with van der Waals surface area (Å²) in [6, 6.07) is 4.57. The molecule has 1 N–H and O–H groups in total. The molecular weight excluding hydrogens is 269 g/mol. The molecule has 0 spiro atoms. The highest BCUT2D eigenvalue weighted by Crippen LogP contribution is 2.21. The molecule has 6 heteroatoms. The lowest BCUT2D eigenvalue weighted by molar-refractivity contribution is 0.275. The highest BCUT2D eigenvalue weighted by molar-refractivity contribution is 6.31. The number of hydrogen-bond donors (Lipinski definition) is 1. The maximum absolute atomic E-state index is 13.7. The highest BCUT2D eigenvalue weighted by Gasteiger charge is 2.14. The van der Waals surface area contributed by atoms with Crippen molar-refractivity contribution in [1.29, 1.82) is 0 Å². The minimum Gasteiger partial charge on any atom is -0.390 e. The molecule has 0 saturated carbocycles. The van der Waals surface area contributed by atoms with E-state index in [1.165, 1.54) is 6.07 Å². The third-order valence-corrected chi connectivity index (χ3v) is 3.28. The van der Waals surface area contributed by atoms with Crippen molar-refractivity contribution < 1.29 is 9.50 Å². The first-order valence-corrected chi connectivity index (χ1v) is 6.50. The quantitative estimate of drug-likeness (QED) is 0.917. The lowest BCUT2D eigenvalue weighted by Crippen LogP contribution is -2.09. The fourth-order valence-electron chi connectivity index (χ4n) is 1.96. The maximum Gasteiger partial charge on any atom is 0.129 e. The van der Waals surface area contributed by atoms with Gasteiger partial charge in [-0.15, -0.1) is 5.10 Å². The van der Waals surface area contributed by atoms with E-state index >= 15 is 0 Å². The predicted molar refractivity (Wildman–Crippen MR) is 70.5 cm³/mol. The van der Waals surface area contributed by atoms with E-state index < -0.39 is 0 Å². The summed E-state index contributed by atoms with van der Waals surface area (Å²) in [5.41, 5.74) is 1.74. The van der Waals surface area contributed by atoms with Gasteiger partial charge >= 0.3 is 0 Å². The Morgan fingerprint density at radius 1 is 1.42 bits per heavy atom. The van der Waals surface area contributed by atoms with Crippen LogP contribution in [0.25, 0.3) is 0 Å². The summed E-state index contributed by atoms with van der Waals surface area (Å²) in [6.45, 7) is 2.07. The molecule has 0 aliphatic heterocycles. The van der Waals surface area contributed by atoms with Crippen molar-refractivity contribution in [2.75, 3.05) is 0 Å². The van der Waals surface area contributed by atoms with E-state index in [1.54, 1.807) is 16.8 Å². The second-order valence-corrected chi connectivity index (χ2v) is 4.66. The van der Waals surface area contributed by atoms with E-state index in [4.69, 9.17) is 11.6 Å². The van der Waals surface area contributed by atoms with Crippen LogP contribution in [0.15, 0.2) is 18.2 Å². The Bertz CT molecular complexity index is 551. The molecule has 0 amide bonds. The predicted octanol–water partition coefficient (Wildman–Crippen LogP) is 2.56. The van der Waals surface area contributed by atoms with Gasteiger partial charge in [-0.05, 0) is 18.6 Å². The van der Waals surface area contributed by atoms with Crippen LogP contribution in [0.4, 0.5) is 4.39 Å². The number of nitrogens with zero attached hydrogens (tertiary/aromatic N) is 3. The van der Waals surface area contributed by atoms with Crippen LogP contribution in [0.1, 0.15) is 30.3 Å². The normalized spacial score (nSPS) is 10.9. The van der Waals surface area contributed by atoms with E-state index in [2.05, 4.69) is 10.3 Å². The third kappa shape index (κ3) is 2.93. The van der Waals surface area contributed by atoms with Gasteiger partial charge in [0.2, 0.25) is 0 Å². The summed E-state index contributed by atoms with van der Waals surface area (Å²) in [6.07, 6.45) is 1.63. The van der Waals surface area contributed by atoms with Crippen LogP contribution < -0.4 is 0 Å². The van der Waals surface area contributed by atoms with Gasteiger partial charge in [0.25, 0.3) is 0 Å². The zero-order valence-electron chi connectivity index (χ0n) is 10.6. The molecule has 2 aromatic rings. The molecule has 0 aliphatic carbocycles. The van der Waals surface area contributed by atoms with Crippen LogP contribution in [0.5, 0.6) is 0 Å². The minimum atomic E-state index is -0.365. The SMILES string of the molecule is CCCc1c(CO)nnn1Cc1c(F)cccc1Cl. The average molecular weight is 284 g/mol. The second-order valence-electron chi connectivity index (χ2n) is 4.25. The molecule has 102 valence electrons. The smallest absolute Gasteiger partial charge is 0.129 e. The topological polar surface area (TPSA) is 50.9 Å². The molecule has 0 saturated heterocycles. The lowest BCUT2D eigenvalue weighted by Gasteiger charge is -2.09. The summed E-state index contributed by atoms with van der Waals surface area (Å²) in [7, 11) is 0. The summed E-state index contributed by atoms with van der Waals surface area (Å²) >= 11 is 6.00. The van der Waals surface area contributed by atoms with E-state index in [1.807, 2.05) is 6.92 Å². The highest BCUT2D eigenvalue weighted by atomic mass is 35.5. The second kappa shape index (κ2) is 6.12. The third-order valence-electron chi connectivity index (χ3n) is 2.92. The Labute approximate surface area is 115 Å². The molecule has 0 radical (unpaired) electrons. The molecule has 0 aliphatic rings. The Balaban J connectivity index is 2.35. The number of benzene rings is 1. The van der Waals surface area contributed by atoms with Gasteiger partial charge in [0.05, 0.1) is 18.8 Å². The van der Waals surface area contributed by atoms with Crippen molar-refractivity contribution in [2.45, 2.75) is 32.9 Å². The first-order valence-electron chi connectivity index (χ1n) is 6.12. The van der Waals surface area contributed by atoms with Crippen molar-refractivity contribution in [3.8, 4) is 0 Å². The first-order chi connectivity index (χ1) is 9.17. The van der Waals surface area contributed by atoms with Gasteiger partial charge in [-0.2, -0.15) is 0 Å². The molecule has 0 fully saturated rings. The number of halogens is 2. The van der Waals surface area contributed by atoms with Crippen molar-refractivity contribution in [2.24, 2.45) is 0 Å². The molecule has 19 heavy (non-hydrogen) atoms. The molecule has 1 heterocycles. The van der Waals surface area contributed by atoms with Crippen LogP contribution in [0.3, 0.4) is 0 Å². The molecule has 1 aromatic carbocycles. The zero-order chi connectivity index (χ0) is 13.8. The Hall–Kier alpha value is -1.46. The summed E-state index contributed by atoms with van der Waals surface area (Å²) < 4.78 is 15.3. The van der Waals surface area contributed by atoms with E-state index in [0.717, 1.165) is 18.5 Å². The molecule has 0 atom stereocenters. The molecular formula is C13H15ClFN3O. The summed E-state index contributed by atoms with van der Waals surface area (Å²) in [5, 5.41) is 17.5. The molecule has 2 rings (SSSR count). The van der Waals surface area contributed by atoms with Crippen molar-refractivity contribution in [3.63, 3.8) is 0 Å². The van der Waals surface area contributed by atoms with Crippen molar-refractivity contribution >= 4 is 11.6 Å². The Morgan fingerprint density at radius 3 is 2.84 bits per heavy atom. The average Bonchev–Trinajstić information content (AvgIpc) is 2.77. The summed E-state index contributed by atoms with van der Waals surface area (Å²) in [4.78, 5) is 0. The van der Waals surface area contributed by atoms with Gasteiger partial charge in [-0.25, -0.2) is 9.07 Å². The first kappa shape index (κ1) is 14.0. The summed E-state index contributed by atoms with van der Waals surface area (Å²) in [5.74, 6) is -0.365. The standard InChI is InChI=1S/C13H15ClFN3O/c1-2-4-13-12(8-19)16-17-18(13)7-9-10(14)5-3-6-11(9)15/h3,5-6,19H,2,4,7-8H2,1H3. The number of hydrogen-bond acceptors (Lipinski definition) is 3. The number of aliphatic hydroxyl groups excluding tert-OH is 1. The van der Waals surface area contributed by atoms with E-state index in [0.29, 0.717) is 16.3 Å². The van der Waals surface area contributed by atoms with E-state index in [-0.39, 0.29) is 19.0 Å². The number of rotatable bonds is 5. The van der Waals surface area contributed by atoms with Crippen LogP contribution >= 0.6 is 11.6 Å². The Kier molecular flexibility index (Phi) is 4.50. The lowest BCUT2D eigenvalue weighted by atomic mass is 10.2. The Morgan fingerprint density at radius 2 is 2.21 bits per heavy atom. The van der Waals surface area contributed by atoms with Crippen LogP contribution in [-0.4, -0.2) is 20.1 Å². The van der Waals surface area contributed by atoms with Crippen LogP contribution in [0, 0.1) is 5.82 Å². The van der Waals surface area contributed by atoms with Gasteiger partial charge in [0.15, 0.2) is 0 Å². The maximum atomic E-state index is 13.7. The number of aliphatic hydroxyl groups is 1. The monoisotopic (exact) mass is 283 g/mol. The minimum absolute atomic E-state index is 0.166. The van der Waals surface area contributed by atoms with Crippen LogP contribution in [0.2, 0.25) is 5.02 Å². The fourth-order valence-corrected chi connectivity index (χ4v) is 2.18. The van der Waals surface area contributed by atoms with Crippen molar-refractivity contribution in [3.05, 3.63) is 46.0 Å². The molecule has 0 bridgehead atoms. The fraction of sp³-hybridized carbons (Fsp3) is 0.385. The van der Waals surface area contributed by atoms with Gasteiger partial charge in [0, 0.05) is 10.6 Å². The van der Waals surface area contributed by atoms with Gasteiger partial charge in [0.1, 0.15) is 11.5 Å². The van der Waals surface area contributed by atoms with Gasteiger partial charge in [-0.1, -0.05) is 36.2 Å². The zero-order valence-corrected chi connectivity index (χ0v) is 11.4. The van der Waals surface area contributed by atoms with E-state index in [9.17, 15) is 9.50 Å². The van der Waals surface area contributed by atoms with Crippen LogP contribution in [-0.2, 0) is 19.6 Å².